The third-order valence-corrected chi connectivity index (χ3v) is 1.96. The van der Waals surface area contributed by atoms with Gasteiger partial charge in [0, 0.05) is 12.3 Å². The summed E-state index contributed by atoms with van der Waals surface area (Å²) in [5.41, 5.74) is -0.0939. The Morgan fingerprint density at radius 2 is 2.12 bits per heavy atom. The molecule has 1 rings (SSSR count). The monoisotopic (exact) mass is 229 g/mol. The summed E-state index contributed by atoms with van der Waals surface area (Å²) in [4.78, 5) is 16.3. The summed E-state index contributed by atoms with van der Waals surface area (Å²) in [6.45, 7) is 2.40. The van der Waals surface area contributed by atoms with Crippen LogP contribution in [0.25, 0.3) is 0 Å². The second-order valence-corrected chi connectivity index (χ2v) is 3.11. The number of hydrogen-bond acceptors (Lipinski definition) is 5. The Balaban J connectivity index is 2.49. The van der Waals surface area contributed by atoms with E-state index in [-0.39, 0.29) is 25.6 Å². The van der Waals surface area contributed by atoms with Crippen molar-refractivity contribution in [1.29, 1.82) is 0 Å². The summed E-state index contributed by atoms with van der Waals surface area (Å²) < 4.78 is 6.29. The largest absolute Gasteiger partial charge is 0.503 e. The number of aromatic nitrogens is 1. The fourth-order valence-corrected chi connectivity index (χ4v) is 1.11. The maximum Gasteiger partial charge on any atom is 0.223 e. The van der Waals surface area contributed by atoms with E-state index in [1.807, 2.05) is 0 Å². The van der Waals surface area contributed by atoms with Gasteiger partial charge in [-0.05, 0) is 6.92 Å². The number of aliphatic hydroxyl groups excluding tert-OH is 1. The molecular formula is C10H15NO5. The number of aliphatic hydroxyl groups is 1. The van der Waals surface area contributed by atoms with Crippen LogP contribution in [0.1, 0.15) is 5.69 Å². The molecule has 0 aliphatic carbocycles. The number of hydrogen-bond donors (Lipinski definition) is 2. The molecule has 16 heavy (non-hydrogen) atoms. The highest BCUT2D eigenvalue weighted by Gasteiger charge is 2.05. The molecule has 0 amide bonds. The van der Waals surface area contributed by atoms with E-state index in [0.717, 1.165) is 0 Å². The van der Waals surface area contributed by atoms with Gasteiger partial charge in [-0.3, -0.25) is 4.79 Å². The lowest BCUT2D eigenvalue weighted by molar-refractivity contribution is 0.0231. The Bertz CT molecular complexity index is 387. The molecule has 1 heterocycles. The van der Waals surface area contributed by atoms with Crippen molar-refractivity contribution in [3.8, 4) is 5.75 Å². The molecule has 90 valence electrons. The van der Waals surface area contributed by atoms with Gasteiger partial charge in [0.25, 0.3) is 0 Å². The predicted octanol–water partition coefficient (Wildman–Crippen LogP) is -0.700. The maximum atomic E-state index is 11.0. The molecule has 0 aliphatic rings. The second kappa shape index (κ2) is 6.14. The van der Waals surface area contributed by atoms with Gasteiger partial charge in [0.05, 0.1) is 25.5 Å². The summed E-state index contributed by atoms with van der Waals surface area (Å²) in [6, 6.07) is 1.22. The van der Waals surface area contributed by atoms with Gasteiger partial charge in [-0.2, -0.15) is 4.73 Å². The lowest BCUT2D eigenvalue weighted by Gasteiger charge is -2.12. The van der Waals surface area contributed by atoms with Gasteiger partial charge in [-0.15, -0.1) is 0 Å². The van der Waals surface area contributed by atoms with Crippen LogP contribution in [0.2, 0.25) is 0 Å². The second-order valence-electron chi connectivity index (χ2n) is 3.11. The lowest BCUT2D eigenvalue weighted by Crippen LogP contribution is -2.21. The lowest BCUT2D eigenvalue weighted by atomic mass is 10.3. The zero-order chi connectivity index (χ0) is 12.0. The van der Waals surface area contributed by atoms with E-state index in [1.165, 1.54) is 17.0 Å². The SMILES string of the molecule is Cc1c(O)c(=O)ccn1OCCOCCO. The average molecular weight is 229 g/mol. The quantitative estimate of drug-likeness (QED) is 0.630. The number of pyridine rings is 1. The summed E-state index contributed by atoms with van der Waals surface area (Å²) in [5, 5.41) is 17.8. The van der Waals surface area contributed by atoms with Crippen molar-refractivity contribution in [3.63, 3.8) is 0 Å². The number of aromatic hydroxyl groups is 1. The zero-order valence-corrected chi connectivity index (χ0v) is 9.05. The van der Waals surface area contributed by atoms with E-state index in [0.29, 0.717) is 12.3 Å². The number of ether oxygens (including phenoxy) is 1. The van der Waals surface area contributed by atoms with Crippen LogP contribution in [0.15, 0.2) is 17.1 Å². The highest BCUT2D eigenvalue weighted by atomic mass is 16.7. The normalized spacial score (nSPS) is 10.4. The topological polar surface area (TPSA) is 80.9 Å². The average Bonchev–Trinajstić information content (AvgIpc) is 2.28. The Morgan fingerprint density at radius 3 is 2.81 bits per heavy atom. The van der Waals surface area contributed by atoms with Crippen LogP contribution in [-0.4, -0.2) is 41.4 Å². The van der Waals surface area contributed by atoms with E-state index in [9.17, 15) is 9.90 Å². The Morgan fingerprint density at radius 1 is 1.38 bits per heavy atom. The standard InChI is InChI=1S/C10H15NO5/c1-8-10(14)9(13)2-3-11(8)16-7-6-15-5-4-12/h2-3,12,14H,4-7H2,1H3. The van der Waals surface area contributed by atoms with Crippen LogP contribution >= 0.6 is 0 Å². The number of nitrogens with zero attached hydrogens (tertiary/aromatic N) is 1. The van der Waals surface area contributed by atoms with Gasteiger partial charge in [0.15, 0.2) is 5.75 Å². The highest BCUT2D eigenvalue weighted by molar-refractivity contribution is 5.24. The molecule has 0 saturated heterocycles. The Kier molecular flexibility index (Phi) is 4.81. The molecule has 0 atom stereocenters. The van der Waals surface area contributed by atoms with E-state index in [1.54, 1.807) is 6.92 Å². The van der Waals surface area contributed by atoms with Crippen LogP contribution < -0.4 is 10.3 Å². The molecule has 2 N–H and O–H groups in total. The molecule has 1 aromatic heterocycles. The van der Waals surface area contributed by atoms with Crippen molar-refractivity contribution in [2.24, 2.45) is 0 Å². The van der Waals surface area contributed by atoms with Gasteiger partial charge < -0.3 is 19.8 Å². The predicted molar refractivity (Wildman–Crippen MR) is 56.5 cm³/mol. The molecule has 0 radical (unpaired) electrons. The van der Waals surface area contributed by atoms with E-state index in [4.69, 9.17) is 14.7 Å². The minimum atomic E-state index is -0.436. The van der Waals surface area contributed by atoms with Crippen LogP contribution in [0.3, 0.4) is 0 Å². The first-order chi connectivity index (χ1) is 7.66. The van der Waals surface area contributed by atoms with Crippen molar-refractivity contribution in [1.82, 2.24) is 4.73 Å². The van der Waals surface area contributed by atoms with Gasteiger partial charge in [0.2, 0.25) is 5.43 Å². The van der Waals surface area contributed by atoms with Crippen molar-refractivity contribution in [2.45, 2.75) is 6.92 Å². The summed E-state index contributed by atoms with van der Waals surface area (Å²) >= 11 is 0. The third-order valence-electron chi connectivity index (χ3n) is 1.96. The summed E-state index contributed by atoms with van der Waals surface area (Å²) in [7, 11) is 0. The smallest absolute Gasteiger partial charge is 0.223 e. The molecule has 0 fully saturated rings. The van der Waals surface area contributed by atoms with Crippen LogP contribution in [0.5, 0.6) is 5.75 Å². The molecule has 6 heteroatoms. The van der Waals surface area contributed by atoms with E-state index >= 15 is 0 Å². The van der Waals surface area contributed by atoms with Crippen molar-refractivity contribution < 1.29 is 19.8 Å². The van der Waals surface area contributed by atoms with Crippen molar-refractivity contribution >= 4 is 0 Å². The van der Waals surface area contributed by atoms with Gasteiger partial charge in [-0.25, -0.2) is 0 Å². The van der Waals surface area contributed by atoms with Gasteiger partial charge >= 0.3 is 0 Å². The molecule has 0 aromatic carbocycles. The molecule has 1 aromatic rings. The Labute approximate surface area is 92.6 Å². The molecule has 0 spiro atoms. The summed E-state index contributed by atoms with van der Waals surface area (Å²) in [6.07, 6.45) is 1.43. The van der Waals surface area contributed by atoms with Crippen LogP contribution in [0.4, 0.5) is 0 Å². The van der Waals surface area contributed by atoms with Crippen LogP contribution in [0, 0.1) is 6.92 Å². The van der Waals surface area contributed by atoms with Crippen molar-refractivity contribution in [2.75, 3.05) is 26.4 Å². The molecular weight excluding hydrogens is 214 g/mol. The summed E-state index contributed by atoms with van der Waals surface area (Å²) in [5.74, 6) is -0.321. The van der Waals surface area contributed by atoms with Crippen molar-refractivity contribution in [3.05, 3.63) is 28.2 Å². The minimum absolute atomic E-state index is 0.0299. The molecule has 0 bridgehead atoms. The van der Waals surface area contributed by atoms with E-state index in [2.05, 4.69) is 0 Å². The first-order valence-corrected chi connectivity index (χ1v) is 4.90. The van der Waals surface area contributed by atoms with Gasteiger partial charge in [0.1, 0.15) is 6.61 Å². The number of rotatable bonds is 6. The molecule has 0 unspecified atom stereocenters. The molecule has 6 nitrogen and oxygen atoms in total. The Hall–Kier alpha value is -1.53. The van der Waals surface area contributed by atoms with Crippen LogP contribution in [-0.2, 0) is 4.74 Å². The van der Waals surface area contributed by atoms with Gasteiger partial charge in [-0.1, -0.05) is 0 Å². The third kappa shape index (κ3) is 3.25. The maximum absolute atomic E-state index is 11.0. The molecule has 0 saturated carbocycles. The highest BCUT2D eigenvalue weighted by Crippen LogP contribution is 2.07. The zero-order valence-electron chi connectivity index (χ0n) is 9.05. The minimum Gasteiger partial charge on any atom is -0.503 e. The molecule has 0 aliphatic heterocycles. The first-order valence-electron chi connectivity index (χ1n) is 4.90. The first kappa shape index (κ1) is 12.5. The fourth-order valence-electron chi connectivity index (χ4n) is 1.11. The van der Waals surface area contributed by atoms with E-state index < -0.39 is 5.43 Å². The fraction of sp³-hybridized carbons (Fsp3) is 0.500.